The fourth-order valence-corrected chi connectivity index (χ4v) is 6.13. The lowest BCUT2D eigenvalue weighted by Crippen LogP contribution is -2.61. The van der Waals surface area contributed by atoms with Gasteiger partial charge in [-0.1, -0.05) is 77.8 Å². The van der Waals surface area contributed by atoms with Crippen molar-refractivity contribution in [3.8, 4) is 5.75 Å². The number of fused-ring (bicyclic) bond motifs is 2. The number of carbonyl (C=O) groups is 2. The van der Waals surface area contributed by atoms with E-state index in [1.807, 2.05) is 35.0 Å². The van der Waals surface area contributed by atoms with Gasteiger partial charge in [-0.05, 0) is 60.1 Å². The SMILES string of the molecule is CC(=O)N1CC2CC(c3ccc(CCCOc4cc(Cl)ccc4Cl)cc3)=C(C(=O)N(C)CCc3ccccc3)C(C1)N2. The number of aryl methyl sites for hydroxylation is 1. The molecule has 1 fully saturated rings. The maximum Gasteiger partial charge on any atom is 0.251 e. The van der Waals surface area contributed by atoms with Crippen molar-refractivity contribution in [3.05, 3.63) is 105 Å². The van der Waals surface area contributed by atoms with Crippen molar-refractivity contribution in [1.29, 1.82) is 0 Å². The third kappa shape index (κ3) is 7.35. The quantitative estimate of drug-likeness (QED) is 0.286. The summed E-state index contributed by atoms with van der Waals surface area (Å²) < 4.78 is 5.84. The lowest BCUT2D eigenvalue weighted by Gasteiger charge is -2.44. The smallest absolute Gasteiger partial charge is 0.251 e. The second kappa shape index (κ2) is 13.8. The number of carbonyl (C=O) groups excluding carboxylic acids is 2. The Morgan fingerprint density at radius 2 is 1.71 bits per heavy atom. The summed E-state index contributed by atoms with van der Waals surface area (Å²) >= 11 is 12.3. The van der Waals surface area contributed by atoms with Crippen molar-refractivity contribution in [2.45, 2.75) is 44.7 Å². The molecule has 0 spiro atoms. The molecule has 1 saturated heterocycles. The second-order valence-corrected chi connectivity index (χ2v) is 12.0. The normalized spacial score (nSPS) is 18.1. The molecular weight excluding hydrogens is 569 g/mol. The van der Waals surface area contributed by atoms with Crippen LogP contribution in [0.25, 0.3) is 5.57 Å². The first-order valence-electron chi connectivity index (χ1n) is 14.5. The minimum Gasteiger partial charge on any atom is -0.492 e. The lowest BCUT2D eigenvalue weighted by molar-refractivity contribution is -0.132. The summed E-state index contributed by atoms with van der Waals surface area (Å²) in [4.78, 5) is 29.9. The number of hydrogen-bond acceptors (Lipinski definition) is 4. The topological polar surface area (TPSA) is 61.9 Å². The van der Waals surface area contributed by atoms with Crippen LogP contribution in [0.5, 0.6) is 5.75 Å². The molecule has 2 atom stereocenters. The number of hydrogen-bond donors (Lipinski definition) is 1. The summed E-state index contributed by atoms with van der Waals surface area (Å²) in [7, 11) is 1.87. The van der Waals surface area contributed by atoms with Gasteiger partial charge >= 0.3 is 0 Å². The molecular formula is C34H37Cl2N3O3. The number of likely N-dealkylation sites (N-methyl/N-ethyl adjacent to an activating group) is 1. The summed E-state index contributed by atoms with van der Waals surface area (Å²) in [6.07, 6.45) is 3.16. The molecule has 2 heterocycles. The zero-order valence-electron chi connectivity index (χ0n) is 24.1. The first-order valence-corrected chi connectivity index (χ1v) is 15.2. The van der Waals surface area contributed by atoms with Crippen molar-refractivity contribution >= 4 is 40.6 Å². The monoisotopic (exact) mass is 605 g/mol. The summed E-state index contributed by atoms with van der Waals surface area (Å²) in [5.74, 6) is 0.658. The van der Waals surface area contributed by atoms with Crippen molar-refractivity contribution in [3.63, 3.8) is 0 Å². The van der Waals surface area contributed by atoms with E-state index in [1.165, 1.54) is 11.1 Å². The maximum atomic E-state index is 14.0. The second-order valence-electron chi connectivity index (χ2n) is 11.1. The van der Waals surface area contributed by atoms with Crippen molar-refractivity contribution in [2.24, 2.45) is 0 Å². The molecule has 5 rings (SSSR count). The number of nitrogens with one attached hydrogen (secondary N) is 1. The van der Waals surface area contributed by atoms with Crippen LogP contribution in [0.2, 0.25) is 10.0 Å². The van der Waals surface area contributed by atoms with Gasteiger partial charge in [-0.3, -0.25) is 9.59 Å². The Hall–Kier alpha value is -3.32. The van der Waals surface area contributed by atoms with E-state index in [0.717, 1.165) is 36.0 Å². The fourth-order valence-electron chi connectivity index (χ4n) is 5.79. The van der Waals surface area contributed by atoms with Crippen molar-refractivity contribution < 1.29 is 14.3 Å². The largest absolute Gasteiger partial charge is 0.492 e. The molecule has 2 aliphatic heterocycles. The molecule has 3 aromatic rings. The molecule has 220 valence electrons. The minimum absolute atomic E-state index is 0.0168. The Labute approximate surface area is 258 Å². The number of amides is 2. The Morgan fingerprint density at radius 1 is 0.976 bits per heavy atom. The zero-order chi connectivity index (χ0) is 29.6. The van der Waals surface area contributed by atoms with E-state index in [4.69, 9.17) is 27.9 Å². The fraction of sp³-hybridized carbons (Fsp3) is 0.353. The number of halogens is 2. The van der Waals surface area contributed by atoms with E-state index < -0.39 is 0 Å². The van der Waals surface area contributed by atoms with E-state index in [1.54, 1.807) is 25.1 Å². The van der Waals surface area contributed by atoms with Crippen LogP contribution in [-0.2, 0) is 22.4 Å². The van der Waals surface area contributed by atoms with Gasteiger partial charge in [0.05, 0.1) is 17.7 Å². The number of rotatable bonds is 10. The molecule has 0 aromatic heterocycles. The van der Waals surface area contributed by atoms with Gasteiger partial charge in [-0.15, -0.1) is 0 Å². The van der Waals surface area contributed by atoms with Gasteiger partial charge in [0.15, 0.2) is 0 Å². The molecule has 2 amide bonds. The van der Waals surface area contributed by atoms with Crippen LogP contribution in [0.4, 0.5) is 0 Å². The molecule has 2 unspecified atom stereocenters. The standard InChI is InChI=1S/C34H37Cl2N3O3/c1-23(40)39-21-28-20-29(33(31(22-39)37-28)34(41)38(2)17-16-24-7-4-3-5-8-24)26-12-10-25(11-13-26)9-6-18-42-32-19-27(35)14-15-30(32)36/h3-5,7-8,10-15,19,28,31,37H,6,9,16-18,20-22H2,1-2H3. The molecule has 8 heteroatoms. The third-order valence-electron chi connectivity index (χ3n) is 8.07. The predicted molar refractivity (Wildman–Crippen MR) is 169 cm³/mol. The highest BCUT2D eigenvalue weighted by molar-refractivity contribution is 6.34. The zero-order valence-corrected chi connectivity index (χ0v) is 25.6. The van der Waals surface area contributed by atoms with Gasteiger partial charge in [0.1, 0.15) is 5.75 Å². The van der Waals surface area contributed by atoms with E-state index >= 15 is 0 Å². The Bertz CT molecular complexity index is 1440. The van der Waals surface area contributed by atoms with Crippen LogP contribution < -0.4 is 10.1 Å². The summed E-state index contributed by atoms with van der Waals surface area (Å²) in [6.45, 7) is 3.90. The van der Waals surface area contributed by atoms with E-state index in [9.17, 15) is 9.59 Å². The van der Waals surface area contributed by atoms with Gasteiger partial charge in [0.25, 0.3) is 5.91 Å². The number of nitrogens with zero attached hydrogens (tertiary/aromatic N) is 2. The minimum atomic E-state index is -0.196. The van der Waals surface area contributed by atoms with Gasteiger partial charge in [-0.2, -0.15) is 0 Å². The maximum absolute atomic E-state index is 14.0. The van der Waals surface area contributed by atoms with E-state index in [2.05, 4.69) is 41.7 Å². The van der Waals surface area contributed by atoms with E-state index in [0.29, 0.717) is 48.5 Å². The lowest BCUT2D eigenvalue weighted by atomic mass is 9.82. The molecule has 0 saturated carbocycles. The molecule has 42 heavy (non-hydrogen) atoms. The highest BCUT2D eigenvalue weighted by atomic mass is 35.5. The molecule has 6 nitrogen and oxygen atoms in total. The van der Waals surface area contributed by atoms with Gasteiger partial charge < -0.3 is 19.9 Å². The Morgan fingerprint density at radius 3 is 2.45 bits per heavy atom. The average Bonchev–Trinajstić information content (AvgIpc) is 2.99. The summed E-state index contributed by atoms with van der Waals surface area (Å²) in [6, 6.07) is 23.9. The molecule has 2 aliphatic rings. The van der Waals surface area contributed by atoms with Crippen LogP contribution in [0, 0.1) is 0 Å². The number of piperazine rings is 1. The van der Waals surface area contributed by atoms with Gasteiger partial charge in [-0.25, -0.2) is 0 Å². The molecule has 1 N–H and O–H groups in total. The Balaban J connectivity index is 1.30. The summed E-state index contributed by atoms with van der Waals surface area (Å²) in [5, 5.41) is 4.77. The van der Waals surface area contributed by atoms with Crippen LogP contribution in [0.3, 0.4) is 0 Å². The van der Waals surface area contributed by atoms with Gasteiger partial charge in [0, 0.05) is 56.3 Å². The molecule has 0 aliphatic carbocycles. The third-order valence-corrected chi connectivity index (χ3v) is 8.62. The first-order chi connectivity index (χ1) is 20.3. The van der Waals surface area contributed by atoms with Crippen molar-refractivity contribution in [1.82, 2.24) is 15.1 Å². The average molecular weight is 607 g/mol. The molecule has 3 aromatic carbocycles. The molecule has 0 radical (unpaired) electrons. The van der Waals surface area contributed by atoms with Crippen molar-refractivity contribution in [2.75, 3.05) is 33.3 Å². The van der Waals surface area contributed by atoms with Crippen LogP contribution >= 0.6 is 23.2 Å². The number of benzene rings is 3. The Kier molecular flexibility index (Phi) is 9.88. The van der Waals surface area contributed by atoms with Crippen LogP contribution in [0.15, 0.2) is 78.4 Å². The van der Waals surface area contributed by atoms with Gasteiger partial charge in [0.2, 0.25) is 5.91 Å². The van der Waals surface area contributed by atoms with Crippen LogP contribution in [-0.4, -0.2) is 67.0 Å². The van der Waals surface area contributed by atoms with Crippen LogP contribution in [0.1, 0.15) is 36.5 Å². The highest BCUT2D eigenvalue weighted by Crippen LogP contribution is 2.34. The summed E-state index contributed by atoms with van der Waals surface area (Å²) in [5.41, 5.74) is 5.31. The first kappa shape index (κ1) is 30.1. The van der Waals surface area contributed by atoms with E-state index in [-0.39, 0.29) is 23.9 Å². The molecule has 2 bridgehead atoms. The predicted octanol–water partition coefficient (Wildman–Crippen LogP) is 6.05. The highest BCUT2D eigenvalue weighted by Gasteiger charge is 2.39. The number of ether oxygens (including phenoxy) is 1.